The van der Waals surface area contributed by atoms with Gasteiger partial charge in [0, 0.05) is 19.1 Å². The summed E-state index contributed by atoms with van der Waals surface area (Å²) in [5.74, 6) is -0.674. The minimum atomic E-state index is -0.674. The maximum atomic E-state index is 10.6. The first-order valence-electron chi connectivity index (χ1n) is 5.20. The number of carboxylic acids is 1. The van der Waals surface area contributed by atoms with Gasteiger partial charge in [0.2, 0.25) is 0 Å². The summed E-state index contributed by atoms with van der Waals surface area (Å²) >= 11 is 0. The van der Waals surface area contributed by atoms with E-state index in [2.05, 4.69) is 9.80 Å². The molecule has 1 aliphatic rings. The molecule has 1 atom stereocenters. The van der Waals surface area contributed by atoms with Crippen LogP contribution in [0.2, 0.25) is 0 Å². The third-order valence-electron chi connectivity index (χ3n) is 2.74. The van der Waals surface area contributed by atoms with Crippen molar-refractivity contribution in [2.75, 3.05) is 33.7 Å². The van der Waals surface area contributed by atoms with E-state index in [0.717, 1.165) is 32.5 Å². The molecule has 82 valence electrons. The van der Waals surface area contributed by atoms with Crippen LogP contribution in [0.15, 0.2) is 0 Å². The number of rotatable bonds is 5. The predicted octanol–water partition coefficient (Wildman–Crippen LogP) is 0.487. The fraction of sp³-hybridized carbons (Fsp3) is 0.900. The molecule has 1 N–H and O–H groups in total. The molecule has 1 heterocycles. The van der Waals surface area contributed by atoms with E-state index in [1.54, 1.807) is 0 Å². The van der Waals surface area contributed by atoms with Crippen LogP contribution in [0.25, 0.3) is 0 Å². The van der Waals surface area contributed by atoms with Crippen LogP contribution in [-0.2, 0) is 4.79 Å². The van der Waals surface area contributed by atoms with E-state index in [1.165, 1.54) is 0 Å². The summed E-state index contributed by atoms with van der Waals surface area (Å²) in [6.07, 6.45) is 2.48. The molecule has 1 aliphatic heterocycles. The van der Waals surface area contributed by atoms with Gasteiger partial charge in [-0.25, -0.2) is 0 Å². The van der Waals surface area contributed by atoms with Gasteiger partial charge in [-0.05, 0) is 33.5 Å². The van der Waals surface area contributed by atoms with Crippen molar-refractivity contribution in [3.63, 3.8) is 0 Å². The number of carboxylic acid groups (broad SMARTS) is 1. The van der Waals surface area contributed by atoms with Crippen molar-refractivity contribution in [2.24, 2.45) is 0 Å². The summed E-state index contributed by atoms with van der Waals surface area (Å²) < 4.78 is 0. The van der Waals surface area contributed by atoms with Crippen LogP contribution in [0.5, 0.6) is 0 Å². The fourth-order valence-electron chi connectivity index (χ4n) is 1.95. The number of nitrogens with zero attached hydrogens (tertiary/aromatic N) is 2. The molecule has 14 heavy (non-hydrogen) atoms. The molecule has 4 nitrogen and oxygen atoms in total. The van der Waals surface area contributed by atoms with E-state index in [0.29, 0.717) is 6.42 Å². The lowest BCUT2D eigenvalue weighted by Crippen LogP contribution is -2.36. The molecular weight excluding hydrogens is 180 g/mol. The van der Waals surface area contributed by atoms with E-state index in [-0.39, 0.29) is 6.04 Å². The summed E-state index contributed by atoms with van der Waals surface area (Å²) in [4.78, 5) is 15.0. The van der Waals surface area contributed by atoms with Gasteiger partial charge in [-0.15, -0.1) is 0 Å². The van der Waals surface area contributed by atoms with Gasteiger partial charge in [0.25, 0.3) is 0 Å². The number of aliphatic carboxylic acids is 1. The molecule has 0 spiro atoms. The molecule has 0 radical (unpaired) electrons. The van der Waals surface area contributed by atoms with Crippen molar-refractivity contribution in [1.29, 1.82) is 0 Å². The van der Waals surface area contributed by atoms with Gasteiger partial charge < -0.3 is 10.0 Å². The van der Waals surface area contributed by atoms with Gasteiger partial charge in [0.05, 0.1) is 6.42 Å². The van der Waals surface area contributed by atoms with E-state index in [9.17, 15) is 4.79 Å². The Kier molecular flexibility index (Phi) is 4.35. The Labute approximate surface area is 85.5 Å². The zero-order chi connectivity index (χ0) is 10.6. The highest BCUT2D eigenvalue weighted by Crippen LogP contribution is 2.19. The van der Waals surface area contributed by atoms with Crippen molar-refractivity contribution in [1.82, 2.24) is 9.80 Å². The molecule has 0 aromatic heterocycles. The Bertz CT molecular complexity index is 195. The zero-order valence-electron chi connectivity index (χ0n) is 9.07. The van der Waals surface area contributed by atoms with Gasteiger partial charge in [-0.3, -0.25) is 9.69 Å². The third-order valence-corrected chi connectivity index (χ3v) is 2.74. The molecule has 0 aromatic carbocycles. The number of carbonyl (C=O) groups is 1. The SMILES string of the molecule is CN(C)CCN1CCCC1CC(=O)O. The molecule has 1 unspecified atom stereocenters. The lowest BCUT2D eigenvalue weighted by atomic mass is 10.1. The second-order valence-electron chi connectivity index (χ2n) is 4.23. The van der Waals surface area contributed by atoms with Crippen LogP contribution in [0.4, 0.5) is 0 Å². The summed E-state index contributed by atoms with van der Waals surface area (Å²) in [7, 11) is 4.09. The maximum absolute atomic E-state index is 10.6. The van der Waals surface area contributed by atoms with Gasteiger partial charge in [0.15, 0.2) is 0 Å². The first-order valence-corrected chi connectivity index (χ1v) is 5.20. The van der Waals surface area contributed by atoms with Crippen molar-refractivity contribution in [2.45, 2.75) is 25.3 Å². The quantitative estimate of drug-likeness (QED) is 0.701. The number of likely N-dealkylation sites (tertiary alicyclic amines) is 1. The molecule has 0 aliphatic carbocycles. The fourth-order valence-corrected chi connectivity index (χ4v) is 1.95. The average molecular weight is 200 g/mol. The molecule has 0 bridgehead atoms. The van der Waals surface area contributed by atoms with Crippen LogP contribution < -0.4 is 0 Å². The van der Waals surface area contributed by atoms with Crippen LogP contribution in [0, 0.1) is 0 Å². The highest BCUT2D eigenvalue weighted by atomic mass is 16.4. The molecule has 0 saturated carbocycles. The Morgan fingerprint density at radius 2 is 2.29 bits per heavy atom. The minimum Gasteiger partial charge on any atom is -0.481 e. The van der Waals surface area contributed by atoms with E-state index < -0.39 is 5.97 Å². The van der Waals surface area contributed by atoms with Gasteiger partial charge in [0.1, 0.15) is 0 Å². The van der Waals surface area contributed by atoms with Gasteiger partial charge in [-0.1, -0.05) is 0 Å². The van der Waals surface area contributed by atoms with Gasteiger partial charge in [-0.2, -0.15) is 0 Å². The normalized spacial score (nSPS) is 23.2. The monoisotopic (exact) mass is 200 g/mol. The molecule has 0 aromatic rings. The van der Waals surface area contributed by atoms with E-state index >= 15 is 0 Å². The third kappa shape index (κ3) is 3.64. The molecule has 0 amide bonds. The average Bonchev–Trinajstić information content (AvgIpc) is 2.47. The Morgan fingerprint density at radius 1 is 1.57 bits per heavy atom. The standard InChI is InChI=1S/C10H20N2O2/c1-11(2)6-7-12-5-3-4-9(12)8-10(13)14/h9H,3-8H2,1-2H3,(H,13,14). The van der Waals surface area contributed by atoms with E-state index in [1.807, 2.05) is 14.1 Å². The summed E-state index contributed by atoms with van der Waals surface area (Å²) in [5.41, 5.74) is 0. The topological polar surface area (TPSA) is 43.8 Å². The number of hydrogen-bond acceptors (Lipinski definition) is 3. The molecule has 1 fully saturated rings. The van der Waals surface area contributed by atoms with Gasteiger partial charge >= 0.3 is 5.97 Å². The molecule has 4 heteroatoms. The minimum absolute atomic E-state index is 0.271. The van der Waals surface area contributed by atoms with Crippen molar-refractivity contribution < 1.29 is 9.90 Å². The van der Waals surface area contributed by atoms with Crippen LogP contribution in [0.1, 0.15) is 19.3 Å². The van der Waals surface area contributed by atoms with Crippen LogP contribution in [0.3, 0.4) is 0 Å². The Hall–Kier alpha value is -0.610. The molecular formula is C10H20N2O2. The molecule has 1 saturated heterocycles. The maximum Gasteiger partial charge on any atom is 0.304 e. The second kappa shape index (κ2) is 5.32. The lowest BCUT2D eigenvalue weighted by molar-refractivity contribution is -0.138. The summed E-state index contributed by atoms with van der Waals surface area (Å²) in [6, 6.07) is 0.271. The predicted molar refractivity (Wildman–Crippen MR) is 55.4 cm³/mol. The second-order valence-corrected chi connectivity index (χ2v) is 4.23. The van der Waals surface area contributed by atoms with Crippen molar-refractivity contribution >= 4 is 5.97 Å². The number of hydrogen-bond donors (Lipinski definition) is 1. The van der Waals surface area contributed by atoms with E-state index in [4.69, 9.17) is 5.11 Å². The summed E-state index contributed by atoms with van der Waals surface area (Å²) in [5, 5.41) is 8.73. The highest BCUT2D eigenvalue weighted by Gasteiger charge is 2.25. The number of likely N-dealkylation sites (N-methyl/N-ethyl adjacent to an activating group) is 1. The van der Waals surface area contributed by atoms with Crippen LogP contribution in [-0.4, -0.2) is 60.6 Å². The largest absolute Gasteiger partial charge is 0.481 e. The van der Waals surface area contributed by atoms with Crippen molar-refractivity contribution in [3.8, 4) is 0 Å². The Morgan fingerprint density at radius 3 is 2.86 bits per heavy atom. The summed E-state index contributed by atoms with van der Waals surface area (Å²) in [6.45, 7) is 3.06. The Balaban J connectivity index is 2.31. The van der Waals surface area contributed by atoms with Crippen molar-refractivity contribution in [3.05, 3.63) is 0 Å². The lowest BCUT2D eigenvalue weighted by Gasteiger charge is -2.24. The highest BCUT2D eigenvalue weighted by molar-refractivity contribution is 5.67. The smallest absolute Gasteiger partial charge is 0.304 e. The molecule has 1 rings (SSSR count). The first-order chi connectivity index (χ1) is 6.59. The zero-order valence-corrected chi connectivity index (χ0v) is 9.07. The first kappa shape index (κ1) is 11.5. The van der Waals surface area contributed by atoms with Crippen LogP contribution >= 0.6 is 0 Å².